The Morgan fingerprint density at radius 3 is 2.56 bits per heavy atom. The summed E-state index contributed by atoms with van der Waals surface area (Å²) in [5.74, 6) is 0. The molecule has 1 heterocycles. The number of rotatable bonds is 0. The van der Waals surface area contributed by atoms with Gasteiger partial charge in [0.15, 0.2) is 9.84 Å². The molecule has 0 amide bonds. The Bertz CT molecular complexity index is 261. The standard InChI is InChI=1S/C5H7NO2S/c1-5-4-9(7,8)3-2-6-5/h2-4,6H,1H3. The first-order valence-electron chi connectivity index (χ1n) is 2.47. The number of hydrogen-bond acceptors (Lipinski definition) is 3. The van der Waals surface area contributed by atoms with Gasteiger partial charge < -0.3 is 5.32 Å². The van der Waals surface area contributed by atoms with Gasteiger partial charge in [-0.2, -0.15) is 0 Å². The summed E-state index contributed by atoms with van der Waals surface area (Å²) < 4.78 is 21.3. The van der Waals surface area contributed by atoms with Crippen molar-refractivity contribution >= 4 is 9.84 Å². The highest BCUT2D eigenvalue weighted by atomic mass is 32.2. The average molecular weight is 145 g/mol. The van der Waals surface area contributed by atoms with Crippen LogP contribution in [0.3, 0.4) is 0 Å². The fraction of sp³-hybridized carbons (Fsp3) is 0.200. The lowest BCUT2D eigenvalue weighted by atomic mass is 10.6. The van der Waals surface area contributed by atoms with Gasteiger partial charge in [-0.1, -0.05) is 0 Å². The van der Waals surface area contributed by atoms with Gasteiger partial charge >= 0.3 is 0 Å². The number of sulfone groups is 1. The third-order valence-electron chi connectivity index (χ3n) is 0.910. The molecule has 1 N–H and O–H groups in total. The van der Waals surface area contributed by atoms with Crippen molar-refractivity contribution in [2.75, 3.05) is 0 Å². The minimum atomic E-state index is -3.04. The van der Waals surface area contributed by atoms with E-state index in [9.17, 15) is 8.42 Å². The van der Waals surface area contributed by atoms with E-state index in [1.54, 1.807) is 6.92 Å². The highest BCUT2D eigenvalue weighted by Crippen LogP contribution is 2.03. The predicted molar refractivity (Wildman–Crippen MR) is 35.0 cm³/mol. The zero-order chi connectivity index (χ0) is 6.91. The van der Waals surface area contributed by atoms with E-state index in [1.807, 2.05) is 0 Å². The first kappa shape index (κ1) is 6.35. The van der Waals surface area contributed by atoms with E-state index in [4.69, 9.17) is 0 Å². The van der Waals surface area contributed by atoms with Gasteiger partial charge in [0.05, 0.1) is 10.8 Å². The number of hydrogen-bond donors (Lipinski definition) is 1. The van der Waals surface area contributed by atoms with Crippen LogP contribution >= 0.6 is 0 Å². The molecule has 0 aliphatic carbocycles. The fourth-order valence-electron chi connectivity index (χ4n) is 0.580. The molecule has 0 unspecified atom stereocenters. The SMILES string of the molecule is CC1=CS(=O)(=O)C=CN1. The molecular weight excluding hydrogens is 138 g/mol. The molecule has 4 heteroatoms. The van der Waals surface area contributed by atoms with Crippen LogP contribution in [0, 0.1) is 0 Å². The van der Waals surface area contributed by atoms with Crippen LogP contribution in [0.15, 0.2) is 22.7 Å². The first-order chi connectivity index (χ1) is 4.10. The molecular formula is C5H7NO2S. The molecule has 0 radical (unpaired) electrons. The minimum Gasteiger partial charge on any atom is -0.364 e. The smallest absolute Gasteiger partial charge is 0.196 e. The van der Waals surface area contributed by atoms with Crippen LogP contribution in [0.5, 0.6) is 0 Å². The molecule has 0 aromatic heterocycles. The molecule has 1 aliphatic rings. The summed E-state index contributed by atoms with van der Waals surface area (Å²) in [4.78, 5) is 0. The average Bonchev–Trinajstić information content (AvgIpc) is 1.60. The van der Waals surface area contributed by atoms with Crippen LogP contribution in [0.25, 0.3) is 0 Å². The van der Waals surface area contributed by atoms with Gasteiger partial charge in [0.25, 0.3) is 0 Å². The van der Waals surface area contributed by atoms with E-state index < -0.39 is 9.84 Å². The van der Waals surface area contributed by atoms with Crippen molar-refractivity contribution in [3.05, 3.63) is 22.7 Å². The lowest BCUT2D eigenvalue weighted by molar-refractivity contribution is 0.611. The first-order valence-corrected chi connectivity index (χ1v) is 4.07. The number of nitrogens with one attached hydrogen (secondary N) is 1. The van der Waals surface area contributed by atoms with Crippen molar-refractivity contribution < 1.29 is 8.42 Å². The molecule has 0 aromatic carbocycles. The zero-order valence-corrected chi connectivity index (χ0v) is 5.77. The second kappa shape index (κ2) is 1.88. The maximum Gasteiger partial charge on any atom is 0.196 e. The normalized spacial score (nSPS) is 22.6. The summed E-state index contributed by atoms with van der Waals surface area (Å²) in [5.41, 5.74) is 0.650. The van der Waals surface area contributed by atoms with Crippen LogP contribution < -0.4 is 5.32 Å². The van der Waals surface area contributed by atoms with Crippen molar-refractivity contribution in [2.24, 2.45) is 0 Å². The Morgan fingerprint density at radius 2 is 2.22 bits per heavy atom. The monoisotopic (exact) mass is 145 g/mol. The summed E-state index contributed by atoms with van der Waals surface area (Å²) >= 11 is 0. The topological polar surface area (TPSA) is 46.2 Å². The molecule has 0 saturated heterocycles. The van der Waals surface area contributed by atoms with E-state index in [-0.39, 0.29) is 0 Å². The summed E-state index contributed by atoms with van der Waals surface area (Å²) in [6.45, 7) is 1.70. The van der Waals surface area contributed by atoms with Gasteiger partial charge in [0.1, 0.15) is 0 Å². The van der Waals surface area contributed by atoms with E-state index in [1.165, 1.54) is 11.6 Å². The van der Waals surface area contributed by atoms with Crippen LogP contribution in [0.2, 0.25) is 0 Å². The Morgan fingerprint density at radius 1 is 1.56 bits per heavy atom. The highest BCUT2D eigenvalue weighted by molar-refractivity contribution is 7.97. The summed E-state index contributed by atoms with van der Waals surface area (Å²) in [7, 11) is -3.04. The van der Waals surface area contributed by atoms with Gasteiger partial charge in [-0.05, 0) is 6.92 Å². The maximum atomic E-state index is 10.7. The molecule has 3 nitrogen and oxygen atoms in total. The van der Waals surface area contributed by atoms with Gasteiger partial charge in [-0.3, -0.25) is 0 Å². The molecule has 0 bridgehead atoms. The van der Waals surface area contributed by atoms with Gasteiger partial charge in [-0.15, -0.1) is 0 Å². The van der Waals surface area contributed by atoms with Gasteiger partial charge in [0.2, 0.25) is 0 Å². The van der Waals surface area contributed by atoms with Crippen molar-refractivity contribution in [3.8, 4) is 0 Å². The third-order valence-corrected chi connectivity index (χ3v) is 2.11. The summed E-state index contributed by atoms with van der Waals surface area (Å²) in [6.07, 6.45) is 1.41. The number of allylic oxidation sites excluding steroid dienone is 1. The fourth-order valence-corrected chi connectivity index (χ4v) is 1.48. The minimum absolute atomic E-state index is 0.650. The Balaban J connectivity index is 3.06. The Kier molecular flexibility index (Phi) is 1.32. The molecule has 0 fully saturated rings. The maximum absolute atomic E-state index is 10.7. The van der Waals surface area contributed by atoms with Crippen LogP contribution in [-0.2, 0) is 9.84 Å². The molecule has 1 rings (SSSR count). The van der Waals surface area contributed by atoms with Crippen molar-refractivity contribution in [2.45, 2.75) is 6.92 Å². The molecule has 50 valence electrons. The molecule has 0 atom stereocenters. The third kappa shape index (κ3) is 1.57. The summed E-state index contributed by atoms with van der Waals surface area (Å²) in [5, 5.41) is 5.05. The quantitative estimate of drug-likeness (QED) is 0.534. The second-order valence-electron chi connectivity index (χ2n) is 1.84. The lowest BCUT2D eigenvalue weighted by Crippen LogP contribution is -2.09. The molecule has 0 spiro atoms. The molecule has 9 heavy (non-hydrogen) atoms. The van der Waals surface area contributed by atoms with Crippen molar-refractivity contribution in [1.29, 1.82) is 0 Å². The van der Waals surface area contributed by atoms with E-state index in [0.29, 0.717) is 5.70 Å². The molecule has 1 aliphatic heterocycles. The second-order valence-corrected chi connectivity index (χ2v) is 3.52. The van der Waals surface area contributed by atoms with Crippen LogP contribution in [0.1, 0.15) is 6.92 Å². The van der Waals surface area contributed by atoms with Crippen molar-refractivity contribution in [3.63, 3.8) is 0 Å². The van der Waals surface area contributed by atoms with Crippen LogP contribution in [0.4, 0.5) is 0 Å². The zero-order valence-electron chi connectivity index (χ0n) is 4.96. The van der Waals surface area contributed by atoms with E-state index in [2.05, 4.69) is 5.32 Å². The van der Waals surface area contributed by atoms with Crippen molar-refractivity contribution in [1.82, 2.24) is 5.32 Å². The van der Waals surface area contributed by atoms with E-state index >= 15 is 0 Å². The van der Waals surface area contributed by atoms with E-state index in [0.717, 1.165) is 5.41 Å². The Hall–Kier alpha value is -0.770. The van der Waals surface area contributed by atoms with Gasteiger partial charge in [0, 0.05) is 11.9 Å². The van der Waals surface area contributed by atoms with Crippen LogP contribution in [-0.4, -0.2) is 8.42 Å². The Labute approximate surface area is 54.0 Å². The highest BCUT2D eigenvalue weighted by Gasteiger charge is 2.04. The lowest BCUT2D eigenvalue weighted by Gasteiger charge is -2.03. The summed E-state index contributed by atoms with van der Waals surface area (Å²) in [6, 6.07) is 0. The molecule has 0 saturated carbocycles. The predicted octanol–water partition coefficient (Wildman–Crippen LogP) is 0.337. The van der Waals surface area contributed by atoms with Gasteiger partial charge in [-0.25, -0.2) is 8.42 Å². The molecule has 0 aromatic rings. The largest absolute Gasteiger partial charge is 0.364 e.